The average Bonchev–Trinajstić information content (AvgIpc) is 2.56. The van der Waals surface area contributed by atoms with Gasteiger partial charge in [0.15, 0.2) is 8.32 Å². The van der Waals surface area contributed by atoms with Crippen LogP contribution in [0.2, 0.25) is 18.1 Å². The van der Waals surface area contributed by atoms with E-state index < -0.39 is 8.32 Å². The molecule has 0 fully saturated rings. The number of rotatable bonds is 5. The van der Waals surface area contributed by atoms with Gasteiger partial charge in [-0.25, -0.2) is 9.78 Å². The first-order valence-electron chi connectivity index (χ1n) is 9.68. The van der Waals surface area contributed by atoms with Gasteiger partial charge in [0.1, 0.15) is 5.82 Å². The fraction of sp³-hybridized carbons (Fsp3) is 0.545. The first kappa shape index (κ1) is 22.4. The maximum atomic E-state index is 11.9. The third-order valence-corrected chi connectivity index (χ3v) is 9.68. The molecule has 1 N–H and O–H groups in total. The highest BCUT2D eigenvalue weighted by atomic mass is 28.4. The summed E-state index contributed by atoms with van der Waals surface area (Å²) in [5.41, 5.74) is 2.22. The Labute approximate surface area is 170 Å². The van der Waals surface area contributed by atoms with Gasteiger partial charge in [-0.15, -0.1) is 0 Å². The first-order valence-corrected chi connectivity index (χ1v) is 12.6. The van der Waals surface area contributed by atoms with Crippen molar-refractivity contribution < 1.29 is 14.0 Å². The largest absolute Gasteiger partial charge is 0.465 e. The molecule has 6 heteroatoms. The second-order valence-electron chi connectivity index (χ2n) is 9.82. The molecular formula is C22H34N2O3Si. The molecule has 1 aromatic carbocycles. The molecule has 0 atom stereocenters. The standard InChI is InChI=1S/C22H34N2O3Si/c1-21(2,3)24-19-17(14-27-28(8,9)22(4,5)6)13-16-12-15(20(25)26-7)10-11-18(16)23-19/h10-13H,14H2,1-9H3,(H,23,24). The maximum absolute atomic E-state index is 11.9. The van der Waals surface area contributed by atoms with Crippen LogP contribution >= 0.6 is 0 Å². The number of esters is 1. The zero-order chi connectivity index (χ0) is 21.3. The molecule has 1 heterocycles. The average molecular weight is 403 g/mol. The van der Waals surface area contributed by atoms with E-state index in [1.807, 2.05) is 12.1 Å². The van der Waals surface area contributed by atoms with E-state index in [1.165, 1.54) is 7.11 Å². The van der Waals surface area contributed by atoms with Crippen molar-refractivity contribution in [3.8, 4) is 0 Å². The van der Waals surface area contributed by atoms with Crippen LogP contribution in [0.15, 0.2) is 24.3 Å². The van der Waals surface area contributed by atoms with Gasteiger partial charge in [-0.2, -0.15) is 0 Å². The van der Waals surface area contributed by atoms with Gasteiger partial charge in [0.25, 0.3) is 0 Å². The van der Waals surface area contributed by atoms with Crippen LogP contribution in [0.25, 0.3) is 10.9 Å². The zero-order valence-electron chi connectivity index (χ0n) is 18.7. The van der Waals surface area contributed by atoms with Gasteiger partial charge in [0, 0.05) is 16.5 Å². The monoisotopic (exact) mass is 402 g/mol. The van der Waals surface area contributed by atoms with Crippen molar-refractivity contribution in [2.75, 3.05) is 12.4 Å². The number of carbonyl (C=O) groups is 1. The van der Waals surface area contributed by atoms with Crippen molar-refractivity contribution in [3.05, 3.63) is 35.4 Å². The van der Waals surface area contributed by atoms with Crippen molar-refractivity contribution in [1.29, 1.82) is 0 Å². The van der Waals surface area contributed by atoms with Crippen molar-refractivity contribution in [2.24, 2.45) is 0 Å². The number of hydrogen-bond acceptors (Lipinski definition) is 5. The molecule has 0 radical (unpaired) electrons. The van der Waals surface area contributed by atoms with Crippen LogP contribution in [-0.4, -0.2) is 31.9 Å². The molecule has 0 aliphatic heterocycles. The second kappa shape index (κ2) is 7.83. The lowest BCUT2D eigenvalue weighted by molar-refractivity contribution is 0.0601. The summed E-state index contributed by atoms with van der Waals surface area (Å²) in [6.07, 6.45) is 0. The molecule has 0 saturated carbocycles. The predicted molar refractivity (Wildman–Crippen MR) is 118 cm³/mol. The van der Waals surface area contributed by atoms with Crippen molar-refractivity contribution in [3.63, 3.8) is 0 Å². The number of anilines is 1. The molecular weight excluding hydrogens is 368 g/mol. The topological polar surface area (TPSA) is 60.5 Å². The Morgan fingerprint density at radius 1 is 1.11 bits per heavy atom. The van der Waals surface area contributed by atoms with Crippen LogP contribution in [0.1, 0.15) is 57.5 Å². The molecule has 0 unspecified atom stereocenters. The highest BCUT2D eigenvalue weighted by molar-refractivity contribution is 6.74. The molecule has 0 spiro atoms. The summed E-state index contributed by atoms with van der Waals surface area (Å²) < 4.78 is 11.3. The fourth-order valence-corrected chi connectivity index (χ4v) is 3.46. The van der Waals surface area contributed by atoms with Crippen LogP contribution in [-0.2, 0) is 15.8 Å². The lowest BCUT2D eigenvalue weighted by atomic mass is 10.1. The van der Waals surface area contributed by atoms with Crippen LogP contribution in [0.4, 0.5) is 5.82 Å². The minimum Gasteiger partial charge on any atom is -0.465 e. The van der Waals surface area contributed by atoms with Gasteiger partial charge in [-0.1, -0.05) is 20.8 Å². The van der Waals surface area contributed by atoms with Crippen molar-refractivity contribution in [1.82, 2.24) is 4.98 Å². The summed E-state index contributed by atoms with van der Waals surface area (Å²) in [6.45, 7) is 18.0. The molecule has 2 rings (SSSR count). The molecule has 1 aromatic heterocycles. The van der Waals surface area contributed by atoms with Crippen molar-refractivity contribution in [2.45, 2.75) is 71.8 Å². The smallest absolute Gasteiger partial charge is 0.337 e. The number of carbonyl (C=O) groups excluding carboxylic acids is 1. The van der Waals surface area contributed by atoms with E-state index >= 15 is 0 Å². The lowest BCUT2D eigenvalue weighted by Gasteiger charge is -2.36. The summed E-state index contributed by atoms with van der Waals surface area (Å²) >= 11 is 0. The van der Waals surface area contributed by atoms with E-state index in [9.17, 15) is 4.79 Å². The SMILES string of the molecule is COC(=O)c1ccc2nc(NC(C)(C)C)c(CO[Si](C)(C)C(C)(C)C)cc2c1. The van der Waals surface area contributed by atoms with Gasteiger partial charge in [-0.05, 0) is 63.2 Å². The van der Waals surface area contributed by atoms with E-state index in [0.717, 1.165) is 22.3 Å². The number of nitrogens with one attached hydrogen (secondary N) is 1. The Morgan fingerprint density at radius 3 is 2.29 bits per heavy atom. The number of fused-ring (bicyclic) bond motifs is 1. The van der Waals surface area contributed by atoms with E-state index in [-0.39, 0.29) is 16.5 Å². The summed E-state index contributed by atoms with van der Waals surface area (Å²) in [6, 6.07) is 7.49. The van der Waals surface area contributed by atoms with E-state index in [4.69, 9.17) is 14.1 Å². The summed E-state index contributed by atoms with van der Waals surface area (Å²) in [7, 11) is -0.513. The van der Waals surface area contributed by atoms with Gasteiger partial charge < -0.3 is 14.5 Å². The molecule has 0 amide bonds. The summed E-state index contributed by atoms with van der Waals surface area (Å²) in [5.74, 6) is 0.474. The Morgan fingerprint density at radius 2 is 1.75 bits per heavy atom. The molecule has 2 aromatic rings. The highest BCUT2D eigenvalue weighted by Crippen LogP contribution is 2.37. The number of ether oxygens (including phenoxy) is 1. The summed E-state index contributed by atoms with van der Waals surface area (Å²) in [5, 5.41) is 4.53. The van der Waals surface area contributed by atoms with E-state index in [1.54, 1.807) is 6.07 Å². The second-order valence-corrected chi connectivity index (χ2v) is 14.6. The van der Waals surface area contributed by atoms with Crippen molar-refractivity contribution >= 4 is 31.0 Å². The molecule has 154 valence electrons. The maximum Gasteiger partial charge on any atom is 0.337 e. The minimum absolute atomic E-state index is 0.127. The quantitative estimate of drug-likeness (QED) is 0.509. The predicted octanol–water partition coefficient (Wildman–Crippen LogP) is 5.75. The Kier molecular flexibility index (Phi) is 6.26. The van der Waals surface area contributed by atoms with Gasteiger partial charge >= 0.3 is 5.97 Å². The molecule has 0 aliphatic rings. The zero-order valence-corrected chi connectivity index (χ0v) is 19.7. The van der Waals surface area contributed by atoms with Crippen LogP contribution < -0.4 is 5.32 Å². The van der Waals surface area contributed by atoms with E-state index in [2.05, 4.69) is 66.0 Å². The Bertz CT molecular complexity index is 864. The lowest BCUT2D eigenvalue weighted by Crippen LogP contribution is -2.40. The Balaban J connectivity index is 2.49. The third kappa shape index (κ3) is 5.32. The van der Waals surface area contributed by atoms with Gasteiger partial charge in [0.2, 0.25) is 0 Å². The number of benzene rings is 1. The number of pyridine rings is 1. The third-order valence-electron chi connectivity index (χ3n) is 5.20. The van der Waals surface area contributed by atoms with Crippen LogP contribution in [0.3, 0.4) is 0 Å². The fourth-order valence-electron chi connectivity index (χ4n) is 2.51. The van der Waals surface area contributed by atoms with E-state index in [0.29, 0.717) is 12.2 Å². The molecule has 0 aliphatic carbocycles. The molecule has 5 nitrogen and oxygen atoms in total. The van der Waals surface area contributed by atoms with Gasteiger partial charge in [0.05, 0.1) is 24.8 Å². The Hall–Kier alpha value is -1.92. The summed E-state index contributed by atoms with van der Waals surface area (Å²) in [4.78, 5) is 16.7. The van der Waals surface area contributed by atoms with Crippen LogP contribution in [0.5, 0.6) is 0 Å². The molecule has 0 bridgehead atoms. The number of nitrogens with zero attached hydrogens (tertiary/aromatic N) is 1. The van der Waals surface area contributed by atoms with Crippen LogP contribution in [0, 0.1) is 0 Å². The molecule has 28 heavy (non-hydrogen) atoms. The number of aromatic nitrogens is 1. The normalized spacial score (nSPS) is 12.9. The van der Waals surface area contributed by atoms with Gasteiger partial charge in [-0.3, -0.25) is 0 Å². The first-order chi connectivity index (χ1) is 12.7. The number of methoxy groups -OCH3 is 1. The molecule has 0 saturated heterocycles. The number of hydrogen-bond donors (Lipinski definition) is 1. The highest BCUT2D eigenvalue weighted by Gasteiger charge is 2.37. The minimum atomic E-state index is -1.90.